The van der Waals surface area contributed by atoms with Gasteiger partial charge in [0.1, 0.15) is 5.84 Å². The van der Waals surface area contributed by atoms with E-state index in [2.05, 4.69) is 12.1 Å². The fourth-order valence-electron chi connectivity index (χ4n) is 0.893. The third-order valence-corrected chi connectivity index (χ3v) is 3.04. The molecule has 0 radical (unpaired) electrons. The Balaban J connectivity index is 3.63. The summed E-state index contributed by atoms with van der Waals surface area (Å²) in [7, 11) is 1.69. The molecule has 5 heteroatoms. The SMILES string of the molecule is CCC(C/C(N)=N/O)SCCOC. The number of methoxy groups -OCH3 is 1. The summed E-state index contributed by atoms with van der Waals surface area (Å²) >= 11 is 1.79. The first-order valence-corrected chi connectivity index (χ1v) is 5.36. The molecule has 1 atom stereocenters. The molecule has 0 rings (SSSR count). The lowest BCUT2D eigenvalue weighted by molar-refractivity contribution is 0.218. The second-order valence-corrected chi connectivity index (χ2v) is 4.10. The van der Waals surface area contributed by atoms with E-state index >= 15 is 0 Å². The minimum Gasteiger partial charge on any atom is -0.409 e. The van der Waals surface area contributed by atoms with Crippen LogP contribution < -0.4 is 5.73 Å². The van der Waals surface area contributed by atoms with Crippen molar-refractivity contribution in [2.75, 3.05) is 19.5 Å². The zero-order valence-corrected chi connectivity index (χ0v) is 9.01. The molecule has 4 nitrogen and oxygen atoms in total. The number of amidine groups is 1. The van der Waals surface area contributed by atoms with E-state index in [1.54, 1.807) is 18.9 Å². The summed E-state index contributed by atoms with van der Waals surface area (Å²) in [5.74, 6) is 1.25. The van der Waals surface area contributed by atoms with E-state index in [0.717, 1.165) is 18.8 Å². The van der Waals surface area contributed by atoms with Gasteiger partial charge in [0.05, 0.1) is 6.61 Å². The fraction of sp³-hybridized carbons (Fsp3) is 0.875. The van der Waals surface area contributed by atoms with Gasteiger partial charge in [-0.2, -0.15) is 11.8 Å². The first-order chi connectivity index (χ1) is 6.24. The van der Waals surface area contributed by atoms with E-state index in [1.165, 1.54) is 0 Å². The van der Waals surface area contributed by atoms with Gasteiger partial charge in [-0.3, -0.25) is 0 Å². The van der Waals surface area contributed by atoms with E-state index < -0.39 is 0 Å². The number of hydrogen-bond donors (Lipinski definition) is 2. The number of oxime groups is 1. The van der Waals surface area contributed by atoms with Gasteiger partial charge in [-0.1, -0.05) is 12.1 Å². The highest BCUT2D eigenvalue weighted by Gasteiger charge is 2.08. The summed E-state index contributed by atoms with van der Waals surface area (Å²) in [4.78, 5) is 0. The van der Waals surface area contributed by atoms with Crippen molar-refractivity contribution in [3.63, 3.8) is 0 Å². The molecule has 0 aliphatic rings. The van der Waals surface area contributed by atoms with Crippen molar-refractivity contribution in [1.82, 2.24) is 0 Å². The Morgan fingerprint density at radius 1 is 1.69 bits per heavy atom. The second kappa shape index (κ2) is 8.19. The monoisotopic (exact) mass is 206 g/mol. The van der Waals surface area contributed by atoms with Gasteiger partial charge >= 0.3 is 0 Å². The molecular weight excluding hydrogens is 188 g/mol. The number of thioether (sulfide) groups is 1. The van der Waals surface area contributed by atoms with Gasteiger partial charge in [0.25, 0.3) is 0 Å². The quantitative estimate of drug-likeness (QED) is 0.216. The first-order valence-electron chi connectivity index (χ1n) is 4.31. The zero-order valence-electron chi connectivity index (χ0n) is 8.19. The molecule has 0 heterocycles. The molecule has 1 unspecified atom stereocenters. The number of hydrogen-bond acceptors (Lipinski definition) is 4. The summed E-state index contributed by atoms with van der Waals surface area (Å²) in [5, 5.41) is 11.8. The predicted molar refractivity (Wildman–Crippen MR) is 56.4 cm³/mol. The van der Waals surface area contributed by atoms with Crippen molar-refractivity contribution < 1.29 is 9.94 Å². The average molecular weight is 206 g/mol. The molecule has 0 saturated heterocycles. The molecule has 0 spiro atoms. The zero-order chi connectivity index (χ0) is 10.1. The highest BCUT2D eigenvalue weighted by molar-refractivity contribution is 7.99. The van der Waals surface area contributed by atoms with E-state index in [1.807, 2.05) is 0 Å². The van der Waals surface area contributed by atoms with Crippen molar-refractivity contribution in [3.05, 3.63) is 0 Å². The standard InChI is InChI=1S/C8H18N2O2S/c1-3-7(6-8(9)10-11)13-5-4-12-2/h7,11H,3-6H2,1-2H3,(H2,9,10). The van der Waals surface area contributed by atoms with Gasteiger partial charge in [0.15, 0.2) is 0 Å². The molecule has 0 aliphatic carbocycles. The molecule has 0 aromatic rings. The normalized spacial score (nSPS) is 14.5. The molecule has 0 aromatic carbocycles. The highest BCUT2D eigenvalue weighted by atomic mass is 32.2. The van der Waals surface area contributed by atoms with E-state index in [0.29, 0.717) is 17.5 Å². The maximum Gasteiger partial charge on any atom is 0.140 e. The maximum atomic E-state index is 8.38. The molecule has 0 aliphatic heterocycles. The third-order valence-electron chi connectivity index (χ3n) is 1.66. The second-order valence-electron chi connectivity index (χ2n) is 2.69. The minimum atomic E-state index is 0.303. The van der Waals surface area contributed by atoms with Crippen LogP contribution in [0.25, 0.3) is 0 Å². The largest absolute Gasteiger partial charge is 0.409 e. The van der Waals surface area contributed by atoms with Gasteiger partial charge in [-0.05, 0) is 6.42 Å². The predicted octanol–water partition coefficient (Wildman–Crippen LogP) is 1.28. The van der Waals surface area contributed by atoms with Crippen molar-refractivity contribution in [1.29, 1.82) is 0 Å². The highest BCUT2D eigenvalue weighted by Crippen LogP contribution is 2.17. The third kappa shape index (κ3) is 6.72. The van der Waals surface area contributed by atoms with Crippen molar-refractivity contribution in [2.45, 2.75) is 25.0 Å². The van der Waals surface area contributed by atoms with Crippen LogP contribution in [0.5, 0.6) is 0 Å². The van der Waals surface area contributed by atoms with Crippen LogP contribution in [0, 0.1) is 0 Å². The molecule has 0 fully saturated rings. The fourth-order valence-corrected chi connectivity index (χ4v) is 2.01. The number of rotatable bonds is 7. The summed E-state index contributed by atoms with van der Waals surface area (Å²) in [6, 6.07) is 0. The van der Waals surface area contributed by atoms with Gasteiger partial charge in [0.2, 0.25) is 0 Å². The summed E-state index contributed by atoms with van der Waals surface area (Å²) in [5.41, 5.74) is 5.41. The van der Waals surface area contributed by atoms with Crippen molar-refractivity contribution in [3.8, 4) is 0 Å². The van der Waals surface area contributed by atoms with Crippen LogP contribution in [0.1, 0.15) is 19.8 Å². The lowest BCUT2D eigenvalue weighted by atomic mass is 10.2. The number of ether oxygens (including phenoxy) is 1. The summed E-state index contributed by atoms with van der Waals surface area (Å²) in [6.45, 7) is 2.84. The van der Waals surface area contributed by atoms with E-state index in [4.69, 9.17) is 15.7 Å². The molecule has 13 heavy (non-hydrogen) atoms. The molecule has 0 amide bonds. The van der Waals surface area contributed by atoms with Crippen LogP contribution in [0.2, 0.25) is 0 Å². The van der Waals surface area contributed by atoms with E-state index in [9.17, 15) is 0 Å². The topological polar surface area (TPSA) is 67.8 Å². The molecule has 0 saturated carbocycles. The van der Waals surface area contributed by atoms with Gasteiger partial charge < -0.3 is 15.7 Å². The molecule has 3 N–H and O–H groups in total. The molecule has 78 valence electrons. The Labute approximate surface area is 83.5 Å². The average Bonchev–Trinajstić information content (AvgIpc) is 2.16. The van der Waals surface area contributed by atoms with Crippen LogP contribution in [0.15, 0.2) is 5.16 Å². The number of nitrogens with two attached hydrogens (primary N) is 1. The smallest absolute Gasteiger partial charge is 0.140 e. The molecular formula is C8H18N2O2S. The summed E-state index contributed by atoms with van der Waals surface area (Å²) in [6.07, 6.45) is 1.66. The Bertz CT molecular complexity index is 153. The maximum absolute atomic E-state index is 8.38. The van der Waals surface area contributed by atoms with Crippen LogP contribution >= 0.6 is 11.8 Å². The Morgan fingerprint density at radius 3 is 2.85 bits per heavy atom. The van der Waals surface area contributed by atoms with Crippen LogP contribution in [-0.4, -0.2) is 35.8 Å². The van der Waals surface area contributed by atoms with Gasteiger partial charge in [-0.15, -0.1) is 0 Å². The van der Waals surface area contributed by atoms with Gasteiger partial charge in [-0.25, -0.2) is 0 Å². The minimum absolute atomic E-state index is 0.303. The summed E-state index contributed by atoms with van der Waals surface area (Å²) < 4.78 is 4.94. The van der Waals surface area contributed by atoms with Crippen LogP contribution in [-0.2, 0) is 4.74 Å². The molecule has 0 aromatic heterocycles. The first kappa shape index (κ1) is 12.6. The number of nitrogens with zero attached hydrogens (tertiary/aromatic N) is 1. The lowest BCUT2D eigenvalue weighted by Gasteiger charge is -2.12. The van der Waals surface area contributed by atoms with Crippen LogP contribution in [0.4, 0.5) is 0 Å². The van der Waals surface area contributed by atoms with Crippen molar-refractivity contribution in [2.24, 2.45) is 10.9 Å². The van der Waals surface area contributed by atoms with Crippen molar-refractivity contribution >= 4 is 17.6 Å². The van der Waals surface area contributed by atoms with E-state index in [-0.39, 0.29) is 0 Å². The van der Waals surface area contributed by atoms with Crippen LogP contribution in [0.3, 0.4) is 0 Å². The Hall–Kier alpha value is -0.420. The molecule has 0 bridgehead atoms. The lowest BCUT2D eigenvalue weighted by Crippen LogP contribution is -2.18. The Morgan fingerprint density at radius 2 is 2.38 bits per heavy atom. The van der Waals surface area contributed by atoms with Gasteiger partial charge in [0, 0.05) is 24.5 Å². The Kier molecular flexibility index (Phi) is 7.93.